The number of methoxy groups -OCH3 is 1. The number of urea groups is 1. The lowest BCUT2D eigenvalue weighted by molar-refractivity contribution is -0.139. The number of nitrogens with one attached hydrogen (secondary N) is 1. The van der Waals surface area contributed by atoms with Gasteiger partial charge in [0, 0.05) is 50.5 Å². The minimum atomic E-state index is -0.704. The predicted molar refractivity (Wildman–Crippen MR) is 142 cm³/mol. The lowest BCUT2D eigenvalue weighted by atomic mass is 9.93. The third-order valence-electron chi connectivity index (χ3n) is 6.68. The largest absolute Gasteiger partial charge is 0.496 e. The average Bonchev–Trinajstić information content (AvgIpc) is 3.35. The van der Waals surface area contributed by atoms with Crippen molar-refractivity contribution >= 4 is 29.2 Å². The average molecular weight is 527 g/mol. The van der Waals surface area contributed by atoms with E-state index in [0.29, 0.717) is 55.3 Å². The van der Waals surface area contributed by atoms with Crippen LogP contribution in [0.15, 0.2) is 53.0 Å². The summed E-state index contributed by atoms with van der Waals surface area (Å²) in [5, 5.41) is 4.90. The number of para-hydroxylation sites is 1. The van der Waals surface area contributed by atoms with Gasteiger partial charge in [0.15, 0.2) is 0 Å². The fourth-order valence-corrected chi connectivity index (χ4v) is 5.59. The van der Waals surface area contributed by atoms with Crippen LogP contribution in [0.25, 0.3) is 0 Å². The Morgan fingerprint density at radius 1 is 1.08 bits per heavy atom. The molecule has 0 spiro atoms. The van der Waals surface area contributed by atoms with Gasteiger partial charge in [-0.25, -0.2) is 9.59 Å². The number of hydrogen-bond acceptors (Lipinski definition) is 7. The molecule has 1 aromatic carbocycles. The highest BCUT2D eigenvalue weighted by Crippen LogP contribution is 2.36. The maximum atomic E-state index is 13.4. The normalized spacial score (nSPS) is 18.9. The Bertz CT molecular complexity index is 1150. The number of ether oxygens (including phenoxy) is 2. The molecule has 1 aromatic heterocycles. The van der Waals surface area contributed by atoms with Crippen LogP contribution in [0.2, 0.25) is 0 Å². The summed E-state index contributed by atoms with van der Waals surface area (Å²) in [4.78, 5) is 46.0. The summed E-state index contributed by atoms with van der Waals surface area (Å²) < 4.78 is 11.0. The Balaban J connectivity index is 1.66. The van der Waals surface area contributed by atoms with E-state index in [0.717, 1.165) is 17.8 Å². The molecule has 0 saturated carbocycles. The SMILES string of the molecule is CCOC(=O)C1=C(CN2CCCN(C(=O)c3cccs3)CC2)N(CC)C(=O)NC1c1ccccc1OC. The summed E-state index contributed by atoms with van der Waals surface area (Å²) in [5.41, 5.74) is 1.72. The van der Waals surface area contributed by atoms with Crippen LogP contribution in [0.1, 0.15) is 41.5 Å². The van der Waals surface area contributed by atoms with Crippen LogP contribution in [-0.2, 0) is 9.53 Å². The molecule has 3 amide bonds. The number of esters is 1. The summed E-state index contributed by atoms with van der Waals surface area (Å²) in [6.07, 6.45) is 0.799. The Morgan fingerprint density at radius 3 is 2.59 bits per heavy atom. The van der Waals surface area contributed by atoms with Gasteiger partial charge >= 0.3 is 12.0 Å². The summed E-state index contributed by atoms with van der Waals surface area (Å²) in [6, 6.07) is 10.1. The van der Waals surface area contributed by atoms with E-state index < -0.39 is 12.0 Å². The van der Waals surface area contributed by atoms with E-state index in [-0.39, 0.29) is 18.5 Å². The number of rotatable bonds is 8. The molecule has 1 N–H and O–H groups in total. The van der Waals surface area contributed by atoms with Gasteiger partial charge in [0.05, 0.1) is 30.2 Å². The quantitative estimate of drug-likeness (QED) is 0.530. The summed E-state index contributed by atoms with van der Waals surface area (Å²) in [6.45, 7) is 7.28. The van der Waals surface area contributed by atoms with Gasteiger partial charge in [-0.3, -0.25) is 14.6 Å². The van der Waals surface area contributed by atoms with Crippen molar-refractivity contribution in [2.45, 2.75) is 26.3 Å². The highest BCUT2D eigenvalue weighted by molar-refractivity contribution is 7.12. The number of carbonyl (C=O) groups excluding carboxylic acids is 3. The number of thiophene rings is 1. The molecule has 1 saturated heterocycles. The zero-order chi connectivity index (χ0) is 26.4. The van der Waals surface area contributed by atoms with Crippen LogP contribution < -0.4 is 10.1 Å². The van der Waals surface area contributed by atoms with Gasteiger partial charge in [-0.1, -0.05) is 24.3 Å². The molecule has 198 valence electrons. The highest BCUT2D eigenvalue weighted by Gasteiger charge is 2.39. The fourth-order valence-electron chi connectivity index (χ4n) is 4.90. The maximum absolute atomic E-state index is 13.4. The van der Waals surface area contributed by atoms with Gasteiger partial charge in [0.1, 0.15) is 5.75 Å². The first-order chi connectivity index (χ1) is 18.0. The fraction of sp³-hybridized carbons (Fsp3) is 0.444. The summed E-state index contributed by atoms with van der Waals surface area (Å²) in [7, 11) is 1.57. The van der Waals surface area contributed by atoms with Crippen molar-refractivity contribution in [1.82, 2.24) is 20.0 Å². The topological polar surface area (TPSA) is 91.4 Å². The summed E-state index contributed by atoms with van der Waals surface area (Å²) in [5.74, 6) is 0.166. The second kappa shape index (κ2) is 12.2. The smallest absolute Gasteiger partial charge is 0.338 e. The number of hydrogen-bond donors (Lipinski definition) is 1. The Morgan fingerprint density at radius 2 is 1.89 bits per heavy atom. The van der Waals surface area contributed by atoms with E-state index in [1.807, 2.05) is 53.6 Å². The van der Waals surface area contributed by atoms with E-state index >= 15 is 0 Å². The van der Waals surface area contributed by atoms with Crippen LogP contribution in [-0.4, -0.2) is 85.6 Å². The maximum Gasteiger partial charge on any atom is 0.338 e. The lowest BCUT2D eigenvalue weighted by Gasteiger charge is -2.38. The molecule has 0 bridgehead atoms. The number of benzene rings is 1. The first-order valence-corrected chi connectivity index (χ1v) is 13.5. The van der Waals surface area contributed by atoms with E-state index in [1.54, 1.807) is 18.9 Å². The molecule has 0 radical (unpaired) electrons. The van der Waals surface area contributed by atoms with Crippen LogP contribution in [0, 0.1) is 0 Å². The molecule has 37 heavy (non-hydrogen) atoms. The molecule has 9 nitrogen and oxygen atoms in total. The Labute approximate surface area is 221 Å². The van der Waals surface area contributed by atoms with E-state index in [2.05, 4.69) is 10.2 Å². The molecule has 0 aliphatic carbocycles. The van der Waals surface area contributed by atoms with Gasteiger partial charge in [-0.15, -0.1) is 11.3 Å². The van der Waals surface area contributed by atoms with E-state index in [4.69, 9.17) is 9.47 Å². The second-order valence-electron chi connectivity index (χ2n) is 8.85. The molecule has 2 aliphatic rings. The van der Waals surface area contributed by atoms with Crippen molar-refractivity contribution in [3.8, 4) is 5.75 Å². The standard InChI is InChI=1S/C27H34N4O5S/c1-4-31-20(18-29-13-9-14-30(16-15-29)25(32)22-12-8-17-37-22)23(26(33)36-5-2)24(28-27(31)34)19-10-6-7-11-21(19)35-3/h6-8,10-12,17,24H,4-5,9,13-16,18H2,1-3H3,(H,28,34). The van der Waals surface area contributed by atoms with Crippen LogP contribution in [0.3, 0.4) is 0 Å². The van der Waals surface area contributed by atoms with Crippen LogP contribution >= 0.6 is 11.3 Å². The first-order valence-electron chi connectivity index (χ1n) is 12.6. The predicted octanol–water partition coefficient (Wildman–Crippen LogP) is 3.51. The Hall–Kier alpha value is -3.37. The second-order valence-corrected chi connectivity index (χ2v) is 9.80. The van der Waals surface area contributed by atoms with Gasteiger partial charge in [0.2, 0.25) is 0 Å². The highest BCUT2D eigenvalue weighted by atomic mass is 32.1. The van der Waals surface area contributed by atoms with Crippen LogP contribution in [0.5, 0.6) is 5.75 Å². The zero-order valence-electron chi connectivity index (χ0n) is 21.6. The van der Waals surface area contributed by atoms with Crippen molar-refractivity contribution in [2.75, 3.05) is 53.0 Å². The van der Waals surface area contributed by atoms with E-state index in [9.17, 15) is 14.4 Å². The van der Waals surface area contributed by atoms with Crippen molar-refractivity contribution in [3.63, 3.8) is 0 Å². The van der Waals surface area contributed by atoms with Crippen molar-refractivity contribution < 1.29 is 23.9 Å². The first kappa shape index (κ1) is 26.7. The Kier molecular flexibility index (Phi) is 8.83. The minimum absolute atomic E-state index is 0.0479. The number of amides is 3. The lowest BCUT2D eigenvalue weighted by Crippen LogP contribution is -2.51. The number of carbonyl (C=O) groups is 3. The van der Waals surface area contributed by atoms with Crippen LogP contribution in [0.4, 0.5) is 4.79 Å². The molecule has 2 aromatic rings. The van der Waals surface area contributed by atoms with Crippen molar-refractivity contribution in [2.24, 2.45) is 0 Å². The zero-order valence-corrected chi connectivity index (χ0v) is 22.4. The van der Waals surface area contributed by atoms with E-state index in [1.165, 1.54) is 11.3 Å². The summed E-state index contributed by atoms with van der Waals surface area (Å²) >= 11 is 1.45. The molecule has 4 rings (SSSR count). The molecule has 3 heterocycles. The molecule has 1 fully saturated rings. The van der Waals surface area contributed by atoms with Gasteiger partial charge < -0.3 is 19.7 Å². The molecule has 10 heteroatoms. The molecule has 2 aliphatic heterocycles. The van der Waals surface area contributed by atoms with Gasteiger partial charge in [-0.2, -0.15) is 0 Å². The molecule has 1 atom stereocenters. The monoisotopic (exact) mass is 526 g/mol. The van der Waals surface area contributed by atoms with Crippen molar-refractivity contribution in [3.05, 3.63) is 63.5 Å². The molecular weight excluding hydrogens is 492 g/mol. The number of likely N-dealkylation sites (N-methyl/N-ethyl adjacent to an activating group) is 1. The van der Waals surface area contributed by atoms with Gasteiger partial charge in [-0.05, 0) is 37.8 Å². The molecular formula is C27H34N4O5S. The number of nitrogens with zero attached hydrogens (tertiary/aromatic N) is 3. The minimum Gasteiger partial charge on any atom is -0.496 e. The molecule has 1 unspecified atom stereocenters. The third kappa shape index (κ3) is 5.80. The third-order valence-corrected chi connectivity index (χ3v) is 7.54. The van der Waals surface area contributed by atoms with Gasteiger partial charge in [0.25, 0.3) is 5.91 Å². The van der Waals surface area contributed by atoms with Crippen molar-refractivity contribution in [1.29, 1.82) is 0 Å².